The molecule has 0 saturated carbocycles. The fourth-order valence-electron chi connectivity index (χ4n) is 4.01. The van der Waals surface area contributed by atoms with Gasteiger partial charge in [0.1, 0.15) is 24.3 Å². The number of primary amides is 1. The number of ether oxygens (including phenoxy) is 1. The first-order valence-electron chi connectivity index (χ1n) is 12.2. The monoisotopic (exact) mass is 497 g/mol. The third-order valence-corrected chi connectivity index (χ3v) is 5.93. The molecule has 0 spiro atoms. The topological polar surface area (TPSA) is 148 Å². The maximum Gasteiger partial charge on any atom is 0.258 e. The molecule has 2 heterocycles. The van der Waals surface area contributed by atoms with Crippen molar-refractivity contribution >= 4 is 11.7 Å². The second-order valence-electron chi connectivity index (χ2n) is 8.70. The minimum absolute atomic E-state index is 0.0848. The van der Waals surface area contributed by atoms with Crippen molar-refractivity contribution in [3.05, 3.63) is 41.1 Å². The van der Waals surface area contributed by atoms with Crippen molar-refractivity contribution in [3.8, 4) is 28.6 Å². The number of pyridine rings is 1. The molecule has 194 valence electrons. The SMILES string of the molecule is CCc1cc(-c2nc(-c3cc(C)nc(N(CC)CC)c3)no2)cc(C)c1OC[C@H](O)CC(O)C(N)=O. The molecule has 36 heavy (non-hydrogen) atoms. The number of carbonyl (C=O) groups is 1. The van der Waals surface area contributed by atoms with Crippen molar-refractivity contribution in [3.63, 3.8) is 0 Å². The van der Waals surface area contributed by atoms with Crippen LogP contribution in [0.4, 0.5) is 5.82 Å². The summed E-state index contributed by atoms with van der Waals surface area (Å²) in [5.74, 6) is 1.49. The van der Waals surface area contributed by atoms with Gasteiger partial charge in [-0.15, -0.1) is 0 Å². The largest absolute Gasteiger partial charge is 0.490 e. The second kappa shape index (κ2) is 12.0. The summed E-state index contributed by atoms with van der Waals surface area (Å²) >= 11 is 0. The van der Waals surface area contributed by atoms with Gasteiger partial charge in [0, 0.05) is 36.3 Å². The summed E-state index contributed by atoms with van der Waals surface area (Å²) in [5.41, 5.74) is 9.24. The van der Waals surface area contributed by atoms with Gasteiger partial charge in [0.15, 0.2) is 0 Å². The lowest BCUT2D eigenvalue weighted by Gasteiger charge is -2.20. The van der Waals surface area contributed by atoms with Crippen LogP contribution in [0.5, 0.6) is 5.75 Å². The van der Waals surface area contributed by atoms with Gasteiger partial charge in [0.05, 0.1) is 6.10 Å². The van der Waals surface area contributed by atoms with Crippen LogP contribution in [0.15, 0.2) is 28.8 Å². The van der Waals surface area contributed by atoms with Crippen LogP contribution in [0.25, 0.3) is 22.8 Å². The van der Waals surface area contributed by atoms with Crippen LogP contribution in [0.2, 0.25) is 0 Å². The number of carbonyl (C=O) groups excluding carboxylic acids is 1. The maximum absolute atomic E-state index is 11.0. The van der Waals surface area contributed by atoms with Gasteiger partial charge < -0.3 is 30.1 Å². The molecular formula is C26H35N5O5. The predicted molar refractivity (Wildman–Crippen MR) is 137 cm³/mol. The summed E-state index contributed by atoms with van der Waals surface area (Å²) in [7, 11) is 0. The Labute approximate surface area is 211 Å². The van der Waals surface area contributed by atoms with E-state index in [1.807, 2.05) is 45.0 Å². The Kier molecular flexibility index (Phi) is 9.00. The van der Waals surface area contributed by atoms with E-state index in [0.717, 1.165) is 46.9 Å². The third-order valence-electron chi connectivity index (χ3n) is 5.93. The van der Waals surface area contributed by atoms with Crippen LogP contribution in [-0.2, 0) is 11.2 Å². The number of hydrogen-bond donors (Lipinski definition) is 3. The molecule has 1 aromatic carbocycles. The van der Waals surface area contributed by atoms with E-state index >= 15 is 0 Å². The van der Waals surface area contributed by atoms with Gasteiger partial charge >= 0.3 is 0 Å². The number of rotatable bonds is 12. The number of aryl methyl sites for hydroxylation is 3. The van der Waals surface area contributed by atoms with Crippen molar-refractivity contribution in [1.82, 2.24) is 15.1 Å². The summed E-state index contributed by atoms with van der Waals surface area (Å²) < 4.78 is 11.5. The zero-order chi connectivity index (χ0) is 26.4. The fourth-order valence-corrected chi connectivity index (χ4v) is 4.01. The van der Waals surface area contributed by atoms with E-state index < -0.39 is 18.1 Å². The molecule has 1 unspecified atom stereocenters. The fraction of sp³-hybridized carbons (Fsp3) is 0.462. The van der Waals surface area contributed by atoms with Crippen LogP contribution < -0.4 is 15.4 Å². The zero-order valence-electron chi connectivity index (χ0n) is 21.5. The van der Waals surface area contributed by atoms with Crippen LogP contribution in [0.3, 0.4) is 0 Å². The highest BCUT2D eigenvalue weighted by molar-refractivity contribution is 5.78. The minimum Gasteiger partial charge on any atom is -0.490 e. The smallest absolute Gasteiger partial charge is 0.258 e. The van der Waals surface area contributed by atoms with Crippen LogP contribution >= 0.6 is 0 Å². The van der Waals surface area contributed by atoms with Gasteiger partial charge in [0.2, 0.25) is 11.7 Å². The van der Waals surface area contributed by atoms with Gasteiger partial charge in [-0.05, 0) is 69.5 Å². The summed E-state index contributed by atoms with van der Waals surface area (Å²) in [6.07, 6.45) is -1.98. The molecule has 2 aromatic heterocycles. The highest BCUT2D eigenvalue weighted by Crippen LogP contribution is 2.32. The van der Waals surface area contributed by atoms with E-state index in [9.17, 15) is 15.0 Å². The Morgan fingerprint density at radius 1 is 1.08 bits per heavy atom. The predicted octanol–water partition coefficient (Wildman–Crippen LogP) is 2.80. The quantitative estimate of drug-likeness (QED) is 0.343. The Morgan fingerprint density at radius 2 is 1.81 bits per heavy atom. The number of aliphatic hydroxyl groups is 2. The average molecular weight is 498 g/mol. The zero-order valence-corrected chi connectivity index (χ0v) is 21.5. The molecule has 0 saturated heterocycles. The van der Waals surface area contributed by atoms with Crippen molar-refractivity contribution in [2.75, 3.05) is 24.6 Å². The van der Waals surface area contributed by atoms with Crippen LogP contribution in [-0.4, -0.2) is 63.1 Å². The number of nitrogens with two attached hydrogens (primary N) is 1. The second-order valence-corrected chi connectivity index (χ2v) is 8.70. The molecule has 10 heteroatoms. The summed E-state index contributed by atoms with van der Waals surface area (Å²) in [6.45, 7) is 11.6. The third kappa shape index (κ3) is 6.38. The number of hydrogen-bond acceptors (Lipinski definition) is 9. The van der Waals surface area contributed by atoms with Gasteiger partial charge in [-0.3, -0.25) is 4.79 Å². The molecule has 3 aromatic rings. The molecule has 0 aliphatic carbocycles. The van der Waals surface area contributed by atoms with Crippen LogP contribution in [0.1, 0.15) is 44.0 Å². The number of anilines is 1. The lowest BCUT2D eigenvalue weighted by molar-refractivity contribution is -0.127. The molecule has 0 aliphatic rings. The molecule has 1 amide bonds. The van der Waals surface area contributed by atoms with E-state index in [2.05, 4.69) is 33.9 Å². The number of aromatic nitrogens is 3. The van der Waals surface area contributed by atoms with Crippen LogP contribution in [0, 0.1) is 13.8 Å². The number of amides is 1. The molecule has 0 bridgehead atoms. The first-order valence-corrected chi connectivity index (χ1v) is 12.2. The van der Waals surface area contributed by atoms with Gasteiger partial charge in [-0.2, -0.15) is 4.98 Å². The number of nitrogens with zero attached hydrogens (tertiary/aromatic N) is 4. The molecule has 10 nitrogen and oxygen atoms in total. The van der Waals surface area contributed by atoms with Crippen molar-refractivity contribution in [2.45, 2.75) is 59.7 Å². The summed E-state index contributed by atoms with van der Waals surface area (Å²) in [4.78, 5) is 22.5. The average Bonchev–Trinajstić information content (AvgIpc) is 3.33. The number of aliphatic hydroxyl groups excluding tert-OH is 2. The Bertz CT molecular complexity index is 1190. The van der Waals surface area contributed by atoms with Gasteiger partial charge in [0.25, 0.3) is 5.89 Å². The van der Waals surface area contributed by atoms with Crippen molar-refractivity contribution in [2.24, 2.45) is 5.73 Å². The normalized spacial score (nSPS) is 12.9. The van der Waals surface area contributed by atoms with Crippen molar-refractivity contribution in [1.29, 1.82) is 0 Å². The standard InChI is InChI=1S/C26H35N5O5/c1-6-17-11-19(9-15(4)23(17)35-14-20(32)13-21(33)24(27)34)26-29-25(30-36-26)18-10-16(5)28-22(12-18)31(7-2)8-3/h9-12,20-21,32-33H,6-8,13-14H2,1-5H3,(H2,27,34)/t20-,21?/m1/s1. The Morgan fingerprint density at radius 3 is 2.44 bits per heavy atom. The lowest BCUT2D eigenvalue weighted by atomic mass is 10.0. The van der Waals surface area contributed by atoms with Gasteiger partial charge in [-0.25, -0.2) is 4.98 Å². The Balaban J connectivity index is 1.83. The summed E-state index contributed by atoms with van der Waals surface area (Å²) in [6, 6.07) is 7.70. The van der Waals surface area contributed by atoms with E-state index in [0.29, 0.717) is 23.9 Å². The first kappa shape index (κ1) is 27.1. The van der Waals surface area contributed by atoms with Crippen molar-refractivity contribution < 1.29 is 24.3 Å². The Hall–Kier alpha value is -3.50. The molecule has 2 atom stereocenters. The maximum atomic E-state index is 11.0. The van der Waals surface area contributed by atoms with E-state index in [1.54, 1.807) is 0 Å². The van der Waals surface area contributed by atoms with Gasteiger partial charge in [-0.1, -0.05) is 12.1 Å². The first-order chi connectivity index (χ1) is 17.2. The highest BCUT2D eigenvalue weighted by Gasteiger charge is 2.20. The highest BCUT2D eigenvalue weighted by atomic mass is 16.5. The van der Waals surface area contributed by atoms with E-state index in [4.69, 9.17) is 15.0 Å². The lowest BCUT2D eigenvalue weighted by Crippen LogP contribution is -2.33. The molecule has 4 N–H and O–H groups in total. The molecule has 0 aliphatic heterocycles. The molecule has 0 radical (unpaired) electrons. The molecule has 0 fully saturated rings. The molecular weight excluding hydrogens is 462 g/mol. The molecule has 3 rings (SSSR count). The minimum atomic E-state index is -1.42. The van der Waals surface area contributed by atoms with E-state index in [1.165, 1.54) is 0 Å². The van der Waals surface area contributed by atoms with E-state index in [-0.39, 0.29) is 13.0 Å². The number of benzene rings is 1. The summed E-state index contributed by atoms with van der Waals surface area (Å²) in [5, 5.41) is 23.9.